The maximum absolute atomic E-state index is 14.1. The SMILES string of the molecule is COC(=O)c1ccc([C@@H]2CCN(C(=O)O)C[C@@H]2F)cc1. The Kier molecular flexibility index (Phi) is 4.22. The molecule has 0 saturated carbocycles. The number of piperidine rings is 1. The maximum Gasteiger partial charge on any atom is 0.407 e. The monoisotopic (exact) mass is 281 g/mol. The fourth-order valence-corrected chi connectivity index (χ4v) is 2.44. The molecule has 1 amide bonds. The lowest BCUT2D eigenvalue weighted by molar-refractivity contribution is 0.0600. The van der Waals surface area contributed by atoms with Crippen LogP contribution >= 0.6 is 0 Å². The van der Waals surface area contributed by atoms with Crippen molar-refractivity contribution < 1.29 is 23.8 Å². The number of esters is 1. The van der Waals surface area contributed by atoms with Gasteiger partial charge in [0.15, 0.2) is 0 Å². The van der Waals surface area contributed by atoms with Gasteiger partial charge in [-0.2, -0.15) is 0 Å². The molecule has 108 valence electrons. The minimum absolute atomic E-state index is 0.112. The molecule has 0 aliphatic carbocycles. The first-order chi connectivity index (χ1) is 9.52. The Hall–Kier alpha value is -2.11. The molecule has 2 atom stereocenters. The zero-order chi connectivity index (χ0) is 14.7. The van der Waals surface area contributed by atoms with E-state index in [4.69, 9.17) is 5.11 Å². The molecule has 0 aromatic heterocycles. The Morgan fingerprint density at radius 1 is 1.35 bits per heavy atom. The van der Waals surface area contributed by atoms with Crippen molar-refractivity contribution in [2.24, 2.45) is 0 Å². The summed E-state index contributed by atoms with van der Waals surface area (Å²) in [4.78, 5) is 23.2. The van der Waals surface area contributed by atoms with E-state index in [1.165, 1.54) is 7.11 Å². The van der Waals surface area contributed by atoms with Crippen LogP contribution in [0, 0.1) is 0 Å². The lowest BCUT2D eigenvalue weighted by Gasteiger charge is -2.33. The smallest absolute Gasteiger partial charge is 0.407 e. The Balaban J connectivity index is 2.09. The average molecular weight is 281 g/mol. The third-order valence-corrected chi connectivity index (χ3v) is 3.57. The lowest BCUT2D eigenvalue weighted by atomic mass is 9.87. The quantitative estimate of drug-likeness (QED) is 0.844. The molecule has 1 aliphatic rings. The van der Waals surface area contributed by atoms with Gasteiger partial charge in [-0.3, -0.25) is 0 Å². The highest BCUT2D eigenvalue weighted by Gasteiger charge is 2.32. The van der Waals surface area contributed by atoms with Gasteiger partial charge in [-0.15, -0.1) is 0 Å². The van der Waals surface area contributed by atoms with Gasteiger partial charge in [0.05, 0.1) is 19.2 Å². The number of carbonyl (C=O) groups excluding carboxylic acids is 1. The Morgan fingerprint density at radius 2 is 2.00 bits per heavy atom. The molecule has 1 aromatic carbocycles. The molecule has 5 nitrogen and oxygen atoms in total. The Labute approximate surface area is 116 Å². The summed E-state index contributed by atoms with van der Waals surface area (Å²) >= 11 is 0. The van der Waals surface area contributed by atoms with Crippen molar-refractivity contribution in [3.05, 3.63) is 35.4 Å². The van der Waals surface area contributed by atoms with E-state index in [1.54, 1.807) is 24.3 Å². The van der Waals surface area contributed by atoms with Crippen molar-refractivity contribution in [2.45, 2.75) is 18.5 Å². The van der Waals surface area contributed by atoms with E-state index in [0.717, 1.165) is 10.5 Å². The molecule has 0 unspecified atom stereocenters. The topological polar surface area (TPSA) is 66.8 Å². The fraction of sp³-hybridized carbons (Fsp3) is 0.429. The van der Waals surface area contributed by atoms with E-state index < -0.39 is 18.2 Å². The van der Waals surface area contributed by atoms with Crippen molar-refractivity contribution in [1.82, 2.24) is 4.90 Å². The van der Waals surface area contributed by atoms with E-state index in [-0.39, 0.29) is 12.5 Å². The second-order valence-corrected chi connectivity index (χ2v) is 4.75. The highest BCUT2D eigenvalue weighted by Crippen LogP contribution is 2.30. The molecule has 20 heavy (non-hydrogen) atoms. The van der Waals surface area contributed by atoms with Gasteiger partial charge in [-0.25, -0.2) is 14.0 Å². The molecule has 1 fully saturated rings. The van der Waals surface area contributed by atoms with Crippen LogP contribution in [0.2, 0.25) is 0 Å². The number of hydrogen-bond donors (Lipinski definition) is 1. The van der Waals surface area contributed by atoms with Crippen LogP contribution < -0.4 is 0 Å². The summed E-state index contributed by atoms with van der Waals surface area (Å²) in [6.45, 7) is 0.206. The fourth-order valence-electron chi connectivity index (χ4n) is 2.44. The molecule has 2 rings (SSSR count). The molecule has 0 radical (unpaired) electrons. The molecule has 0 spiro atoms. The summed E-state index contributed by atoms with van der Waals surface area (Å²) < 4.78 is 18.7. The molecule has 1 heterocycles. The number of nitrogens with zero attached hydrogens (tertiary/aromatic N) is 1. The molecule has 0 bridgehead atoms. The van der Waals surface area contributed by atoms with Crippen molar-refractivity contribution in [2.75, 3.05) is 20.2 Å². The van der Waals surface area contributed by atoms with Crippen LogP contribution in [0.3, 0.4) is 0 Å². The zero-order valence-corrected chi connectivity index (χ0v) is 11.1. The third-order valence-electron chi connectivity index (χ3n) is 3.57. The van der Waals surface area contributed by atoms with E-state index >= 15 is 0 Å². The van der Waals surface area contributed by atoms with E-state index in [0.29, 0.717) is 18.5 Å². The minimum Gasteiger partial charge on any atom is -0.465 e. The van der Waals surface area contributed by atoms with Gasteiger partial charge >= 0.3 is 12.1 Å². The van der Waals surface area contributed by atoms with Gasteiger partial charge in [0.2, 0.25) is 0 Å². The normalized spacial score (nSPS) is 22.4. The molecule has 1 aromatic rings. The number of benzene rings is 1. The van der Waals surface area contributed by atoms with Gasteiger partial charge in [0.1, 0.15) is 6.17 Å². The predicted octanol–water partition coefficient (Wildman–Crippen LogP) is 2.28. The van der Waals surface area contributed by atoms with Crippen molar-refractivity contribution in [3.63, 3.8) is 0 Å². The number of ether oxygens (including phenoxy) is 1. The standard InChI is InChI=1S/C14H16FNO4/c1-20-13(17)10-4-2-9(3-5-10)11-6-7-16(14(18)19)8-12(11)15/h2-5,11-12H,6-8H2,1H3,(H,18,19)/t11-,12-/m0/s1. The maximum atomic E-state index is 14.1. The summed E-state index contributed by atoms with van der Waals surface area (Å²) in [6, 6.07) is 6.58. The van der Waals surface area contributed by atoms with Crippen LogP contribution in [0.25, 0.3) is 0 Å². The molecule has 1 aliphatic heterocycles. The van der Waals surface area contributed by atoms with Crippen LogP contribution in [0.5, 0.6) is 0 Å². The minimum atomic E-state index is -1.23. The van der Waals surface area contributed by atoms with Crippen LogP contribution in [-0.4, -0.2) is 48.4 Å². The average Bonchev–Trinajstić information content (AvgIpc) is 2.46. The number of carbonyl (C=O) groups is 2. The third kappa shape index (κ3) is 2.89. The first kappa shape index (κ1) is 14.3. The summed E-state index contributed by atoms with van der Waals surface area (Å²) in [5.74, 6) is -0.772. The number of rotatable bonds is 2. The van der Waals surface area contributed by atoms with Gasteiger partial charge in [-0.1, -0.05) is 12.1 Å². The number of likely N-dealkylation sites (tertiary alicyclic amines) is 1. The molecule has 6 heteroatoms. The van der Waals surface area contributed by atoms with Crippen molar-refractivity contribution in [3.8, 4) is 0 Å². The number of carboxylic acid groups (broad SMARTS) is 1. The Bertz CT molecular complexity index is 502. The number of methoxy groups -OCH3 is 1. The molecule has 1 N–H and O–H groups in total. The van der Waals surface area contributed by atoms with Crippen LogP contribution in [0.1, 0.15) is 28.3 Å². The second-order valence-electron chi connectivity index (χ2n) is 4.75. The highest BCUT2D eigenvalue weighted by atomic mass is 19.1. The number of halogens is 1. The summed E-state index contributed by atoms with van der Waals surface area (Å²) in [6.07, 6.45) is -1.89. The molecular formula is C14H16FNO4. The highest BCUT2D eigenvalue weighted by molar-refractivity contribution is 5.89. The van der Waals surface area contributed by atoms with Crippen molar-refractivity contribution in [1.29, 1.82) is 0 Å². The zero-order valence-electron chi connectivity index (χ0n) is 11.1. The van der Waals surface area contributed by atoms with Gasteiger partial charge in [0.25, 0.3) is 0 Å². The summed E-state index contributed by atoms with van der Waals surface area (Å²) in [5, 5.41) is 8.85. The van der Waals surface area contributed by atoms with Crippen LogP contribution in [-0.2, 0) is 4.74 Å². The second kappa shape index (κ2) is 5.90. The van der Waals surface area contributed by atoms with Crippen LogP contribution in [0.15, 0.2) is 24.3 Å². The predicted molar refractivity (Wildman–Crippen MR) is 69.6 cm³/mol. The first-order valence-corrected chi connectivity index (χ1v) is 6.33. The van der Waals surface area contributed by atoms with E-state index in [2.05, 4.69) is 4.74 Å². The number of amides is 1. The Morgan fingerprint density at radius 3 is 2.50 bits per heavy atom. The first-order valence-electron chi connectivity index (χ1n) is 6.33. The number of alkyl halides is 1. The largest absolute Gasteiger partial charge is 0.465 e. The molecular weight excluding hydrogens is 265 g/mol. The van der Waals surface area contributed by atoms with E-state index in [1.807, 2.05) is 0 Å². The van der Waals surface area contributed by atoms with Crippen LogP contribution in [0.4, 0.5) is 9.18 Å². The summed E-state index contributed by atoms with van der Waals surface area (Å²) in [5.41, 5.74) is 1.19. The van der Waals surface area contributed by atoms with E-state index in [9.17, 15) is 14.0 Å². The number of hydrogen-bond acceptors (Lipinski definition) is 3. The lowest BCUT2D eigenvalue weighted by Crippen LogP contribution is -2.43. The summed E-state index contributed by atoms with van der Waals surface area (Å²) in [7, 11) is 1.30. The van der Waals surface area contributed by atoms with Gasteiger partial charge < -0.3 is 14.7 Å². The van der Waals surface area contributed by atoms with Crippen molar-refractivity contribution >= 4 is 12.1 Å². The van der Waals surface area contributed by atoms with Gasteiger partial charge in [-0.05, 0) is 24.1 Å². The molecule has 1 saturated heterocycles. The van der Waals surface area contributed by atoms with Gasteiger partial charge in [0, 0.05) is 12.5 Å².